The molecule has 0 aliphatic carbocycles. The SMILES string of the molecule is O=C1OC(C(=O)O)(C(=O)O)C(Sc2nc3ccccc3s2)=C1O. The van der Waals surface area contributed by atoms with Crippen LogP contribution in [0.2, 0.25) is 0 Å². The van der Waals surface area contributed by atoms with Gasteiger partial charge in [-0.25, -0.2) is 19.4 Å². The summed E-state index contributed by atoms with van der Waals surface area (Å²) < 4.78 is 5.50. The summed E-state index contributed by atoms with van der Waals surface area (Å²) in [7, 11) is 0. The highest BCUT2D eigenvalue weighted by atomic mass is 32.2. The molecule has 0 radical (unpaired) electrons. The summed E-state index contributed by atoms with van der Waals surface area (Å²) in [6.07, 6.45) is 0. The van der Waals surface area contributed by atoms with E-state index in [1.54, 1.807) is 24.3 Å². The van der Waals surface area contributed by atoms with E-state index in [0.717, 1.165) is 4.70 Å². The second kappa shape index (κ2) is 5.25. The van der Waals surface area contributed by atoms with Gasteiger partial charge in [-0.1, -0.05) is 23.9 Å². The van der Waals surface area contributed by atoms with Crippen LogP contribution in [0.25, 0.3) is 10.2 Å². The van der Waals surface area contributed by atoms with Crippen LogP contribution in [-0.2, 0) is 19.1 Å². The lowest BCUT2D eigenvalue weighted by molar-refractivity contribution is -0.180. The number of aromatic nitrogens is 1. The number of thiazole rings is 1. The Bertz CT molecular complexity index is 838. The predicted octanol–water partition coefficient (Wildman–Crippen LogP) is 1.62. The van der Waals surface area contributed by atoms with Crippen molar-refractivity contribution in [3.63, 3.8) is 0 Å². The Morgan fingerprint density at radius 2 is 1.87 bits per heavy atom. The minimum atomic E-state index is -2.97. The minimum absolute atomic E-state index is 0.276. The number of aliphatic hydroxyl groups excluding tert-OH is 1. The van der Waals surface area contributed by atoms with Crippen LogP contribution in [0.1, 0.15) is 0 Å². The fraction of sp³-hybridized carbons (Fsp3) is 0.0769. The van der Waals surface area contributed by atoms with E-state index < -0.39 is 34.2 Å². The first-order valence-corrected chi connectivity index (χ1v) is 7.67. The highest BCUT2D eigenvalue weighted by Crippen LogP contribution is 2.45. The number of para-hydroxylation sites is 1. The summed E-state index contributed by atoms with van der Waals surface area (Å²) >= 11 is 1.75. The fourth-order valence-corrected chi connectivity index (χ4v) is 4.21. The molecule has 0 saturated carbocycles. The molecule has 10 heteroatoms. The molecule has 1 aliphatic heterocycles. The summed E-state index contributed by atoms with van der Waals surface area (Å²) in [5.41, 5.74) is -2.34. The van der Waals surface area contributed by atoms with Crippen LogP contribution >= 0.6 is 23.1 Å². The largest absolute Gasteiger partial charge is 0.501 e. The van der Waals surface area contributed by atoms with Gasteiger partial charge in [0.15, 0.2) is 4.34 Å². The zero-order valence-electron chi connectivity index (χ0n) is 11.0. The average Bonchev–Trinajstić information content (AvgIpc) is 3.01. The number of carbonyl (C=O) groups is 3. The van der Waals surface area contributed by atoms with Crippen LogP contribution in [-0.4, -0.2) is 43.8 Å². The monoisotopic (exact) mass is 353 g/mol. The molecule has 118 valence electrons. The third-order valence-electron chi connectivity index (χ3n) is 3.04. The molecule has 23 heavy (non-hydrogen) atoms. The smallest absolute Gasteiger partial charge is 0.376 e. The van der Waals surface area contributed by atoms with Crippen molar-refractivity contribution in [2.75, 3.05) is 0 Å². The van der Waals surface area contributed by atoms with E-state index in [1.165, 1.54) is 11.3 Å². The summed E-state index contributed by atoms with van der Waals surface area (Å²) in [6.45, 7) is 0. The van der Waals surface area contributed by atoms with Gasteiger partial charge in [0.25, 0.3) is 0 Å². The second-order valence-corrected chi connectivity index (χ2v) is 6.70. The topological polar surface area (TPSA) is 134 Å². The predicted molar refractivity (Wildman–Crippen MR) is 79.2 cm³/mol. The number of nitrogens with zero attached hydrogens (tertiary/aromatic N) is 1. The Morgan fingerprint density at radius 1 is 1.22 bits per heavy atom. The summed E-state index contributed by atoms with van der Waals surface area (Å²) in [4.78, 5) is 37.9. The number of aliphatic carboxylic acids is 2. The van der Waals surface area contributed by atoms with Gasteiger partial charge >= 0.3 is 23.5 Å². The third-order valence-corrected chi connectivity index (χ3v) is 5.32. The molecule has 8 nitrogen and oxygen atoms in total. The van der Waals surface area contributed by atoms with Crippen molar-refractivity contribution >= 4 is 51.2 Å². The van der Waals surface area contributed by atoms with Crippen molar-refractivity contribution in [1.29, 1.82) is 0 Å². The highest BCUT2D eigenvalue weighted by Gasteiger charge is 2.61. The molecular weight excluding hydrogens is 346 g/mol. The van der Waals surface area contributed by atoms with Gasteiger partial charge in [-0.3, -0.25) is 0 Å². The molecule has 3 rings (SSSR count). The quantitative estimate of drug-likeness (QED) is 0.553. The molecule has 0 saturated heterocycles. The van der Waals surface area contributed by atoms with Crippen molar-refractivity contribution in [2.24, 2.45) is 0 Å². The Kier molecular flexibility index (Phi) is 3.49. The number of hydrogen-bond donors (Lipinski definition) is 3. The summed E-state index contributed by atoms with van der Waals surface area (Å²) in [5.74, 6) is -6.27. The van der Waals surface area contributed by atoms with Crippen LogP contribution in [0, 0.1) is 0 Å². The molecule has 3 N–H and O–H groups in total. The first-order valence-electron chi connectivity index (χ1n) is 6.03. The van der Waals surface area contributed by atoms with E-state index in [1.807, 2.05) is 0 Å². The number of fused-ring (bicyclic) bond motifs is 1. The number of hydrogen-bond acceptors (Lipinski definition) is 8. The summed E-state index contributed by atoms with van der Waals surface area (Å²) in [5, 5.41) is 28.2. The molecule has 0 amide bonds. The van der Waals surface area contributed by atoms with Crippen LogP contribution in [0.15, 0.2) is 39.3 Å². The van der Waals surface area contributed by atoms with E-state index in [2.05, 4.69) is 9.72 Å². The van der Waals surface area contributed by atoms with E-state index in [0.29, 0.717) is 17.3 Å². The van der Waals surface area contributed by atoms with Crippen LogP contribution in [0.5, 0.6) is 0 Å². The van der Waals surface area contributed by atoms with Crippen LogP contribution in [0.4, 0.5) is 0 Å². The van der Waals surface area contributed by atoms with Gasteiger partial charge in [-0.05, 0) is 12.1 Å². The zero-order valence-corrected chi connectivity index (χ0v) is 12.7. The van der Waals surface area contributed by atoms with Crippen LogP contribution < -0.4 is 0 Å². The van der Waals surface area contributed by atoms with Crippen molar-refractivity contribution in [3.8, 4) is 0 Å². The number of benzene rings is 1. The van der Waals surface area contributed by atoms with Crippen molar-refractivity contribution in [1.82, 2.24) is 4.98 Å². The molecule has 0 spiro atoms. The first kappa shape index (κ1) is 15.3. The molecular formula is C13H7NO7S2. The Balaban J connectivity index is 2.09. The number of carboxylic acids is 2. The third kappa shape index (κ3) is 2.23. The highest BCUT2D eigenvalue weighted by molar-refractivity contribution is 8.05. The molecule has 2 aromatic rings. The number of thioether (sulfide) groups is 1. The number of ether oxygens (including phenoxy) is 1. The number of esters is 1. The van der Waals surface area contributed by atoms with Gasteiger partial charge in [0.05, 0.1) is 10.2 Å². The zero-order chi connectivity index (χ0) is 16.8. The van der Waals surface area contributed by atoms with Gasteiger partial charge in [0.2, 0.25) is 5.76 Å². The van der Waals surface area contributed by atoms with Crippen molar-refractivity contribution in [2.45, 2.75) is 9.94 Å². The van der Waals surface area contributed by atoms with Gasteiger partial charge < -0.3 is 20.1 Å². The number of aliphatic hydroxyl groups is 1. The van der Waals surface area contributed by atoms with Gasteiger partial charge in [-0.15, -0.1) is 11.3 Å². The standard InChI is InChI=1S/C13H7NO7S2/c15-7-8(13(10(17)18,11(19)20)21-9(7)16)23-12-14-5-3-1-2-4-6(5)22-12/h1-4,15H,(H,17,18)(H,19,20). The van der Waals surface area contributed by atoms with E-state index in [4.69, 9.17) is 0 Å². The van der Waals surface area contributed by atoms with Crippen LogP contribution in [0.3, 0.4) is 0 Å². The lowest BCUT2D eigenvalue weighted by atomic mass is 10.1. The van der Waals surface area contributed by atoms with E-state index in [-0.39, 0.29) is 4.34 Å². The molecule has 1 aliphatic rings. The Labute approximate surface area is 136 Å². The fourth-order valence-electron chi connectivity index (χ4n) is 1.97. The van der Waals surface area contributed by atoms with Gasteiger partial charge in [0, 0.05) is 0 Å². The average molecular weight is 353 g/mol. The number of carboxylic acid groups (broad SMARTS) is 2. The molecule has 1 aromatic carbocycles. The minimum Gasteiger partial charge on any atom is -0.501 e. The van der Waals surface area contributed by atoms with Gasteiger partial charge in [-0.2, -0.15) is 0 Å². The lowest BCUT2D eigenvalue weighted by Crippen LogP contribution is -2.48. The molecule has 0 fully saturated rings. The molecule has 0 unspecified atom stereocenters. The second-order valence-electron chi connectivity index (χ2n) is 4.41. The maximum Gasteiger partial charge on any atom is 0.376 e. The van der Waals surface area contributed by atoms with Crippen molar-refractivity contribution in [3.05, 3.63) is 34.9 Å². The number of carbonyl (C=O) groups excluding carboxylic acids is 1. The normalized spacial score (nSPS) is 16.6. The van der Waals surface area contributed by atoms with Gasteiger partial charge in [0.1, 0.15) is 4.91 Å². The first-order chi connectivity index (χ1) is 10.9. The maximum atomic E-state index is 11.5. The van der Waals surface area contributed by atoms with E-state index >= 15 is 0 Å². The maximum absolute atomic E-state index is 11.5. The van der Waals surface area contributed by atoms with Crippen molar-refractivity contribution < 1.29 is 34.4 Å². The molecule has 2 heterocycles. The number of cyclic esters (lactones) is 1. The molecule has 1 aromatic heterocycles. The molecule has 0 bridgehead atoms. The number of rotatable bonds is 4. The Hall–Kier alpha value is -2.59. The lowest BCUT2D eigenvalue weighted by Gasteiger charge is -2.19. The summed E-state index contributed by atoms with van der Waals surface area (Å²) in [6, 6.07) is 7.05. The Morgan fingerprint density at radius 3 is 2.48 bits per heavy atom. The van der Waals surface area contributed by atoms with E-state index in [9.17, 15) is 29.7 Å². The molecule has 0 atom stereocenters.